The number of hydrogen-bond acceptors (Lipinski definition) is 0. The fourth-order valence-electron chi connectivity index (χ4n) is 4.93. The molecule has 21 heavy (non-hydrogen) atoms. The Balaban J connectivity index is 0.00000132. The van der Waals surface area contributed by atoms with Crippen LogP contribution in [0.5, 0.6) is 0 Å². The van der Waals surface area contributed by atoms with Gasteiger partial charge in [-0.05, 0) is 68.4 Å². The molecule has 0 saturated heterocycles. The quantitative estimate of drug-likeness (QED) is 0.615. The molecule has 0 heterocycles. The van der Waals surface area contributed by atoms with E-state index in [9.17, 15) is 0 Å². The Bertz CT molecular complexity index is 484. The van der Waals surface area contributed by atoms with Gasteiger partial charge in [-0.2, -0.15) is 0 Å². The van der Waals surface area contributed by atoms with Gasteiger partial charge in [0.2, 0.25) is 0 Å². The van der Waals surface area contributed by atoms with E-state index in [1.807, 2.05) is 0 Å². The third-order valence-electron chi connectivity index (χ3n) is 6.06. The number of rotatable bonds is 2. The molecule has 4 aliphatic carbocycles. The van der Waals surface area contributed by atoms with Crippen LogP contribution in [0.4, 0.5) is 0 Å². The van der Waals surface area contributed by atoms with Crippen LogP contribution in [-0.2, 0) is 0 Å². The average Bonchev–Trinajstić information content (AvgIpc) is 3.11. The van der Waals surface area contributed by atoms with Crippen LogP contribution in [0.3, 0.4) is 0 Å². The summed E-state index contributed by atoms with van der Waals surface area (Å²) in [5.41, 5.74) is 6.96. The van der Waals surface area contributed by atoms with Crippen molar-refractivity contribution in [2.24, 2.45) is 17.8 Å². The molecule has 0 bridgehead atoms. The SMILES string of the molecule is CC(C1C=CC2=C1CCCC2)C1C=CC2=C1CCCC2.[LiH]. The Morgan fingerprint density at radius 1 is 0.762 bits per heavy atom. The first-order valence-corrected chi connectivity index (χ1v) is 8.65. The van der Waals surface area contributed by atoms with Crippen molar-refractivity contribution in [3.05, 3.63) is 46.6 Å². The van der Waals surface area contributed by atoms with Crippen molar-refractivity contribution in [3.63, 3.8) is 0 Å². The molecule has 0 aromatic rings. The van der Waals surface area contributed by atoms with E-state index in [4.69, 9.17) is 0 Å². The molecular weight excluding hydrogens is 247 g/mol. The predicted octanol–water partition coefficient (Wildman–Crippen LogP) is 5.09. The normalized spacial score (nSPS) is 32.0. The molecule has 0 radical (unpaired) electrons. The number of hydrogen-bond donors (Lipinski definition) is 0. The van der Waals surface area contributed by atoms with Gasteiger partial charge in [0.25, 0.3) is 0 Å². The first-order chi connectivity index (χ1) is 9.84. The zero-order valence-corrected chi connectivity index (χ0v) is 12.7. The van der Waals surface area contributed by atoms with Crippen LogP contribution in [0.1, 0.15) is 58.3 Å². The number of allylic oxidation sites excluding steroid dienone is 8. The third kappa shape index (κ3) is 2.67. The van der Waals surface area contributed by atoms with Crippen molar-refractivity contribution < 1.29 is 0 Å². The second kappa shape index (κ2) is 6.35. The van der Waals surface area contributed by atoms with Crippen LogP contribution in [0.2, 0.25) is 0 Å². The minimum atomic E-state index is 0. The van der Waals surface area contributed by atoms with E-state index in [1.165, 1.54) is 51.4 Å². The molecule has 0 spiro atoms. The average molecular weight is 274 g/mol. The fourth-order valence-corrected chi connectivity index (χ4v) is 4.93. The summed E-state index contributed by atoms with van der Waals surface area (Å²) in [5.74, 6) is 2.22. The second-order valence-electron chi connectivity index (χ2n) is 7.14. The van der Waals surface area contributed by atoms with Gasteiger partial charge < -0.3 is 0 Å². The standard InChI is InChI=1S/C20H26.Li.H/c1-14(17-12-10-15-6-2-4-8-19(15)17)18-13-11-16-7-3-5-9-20(16)18;;/h10-14,17-18H,2-9H2,1H3;;. The molecule has 2 atom stereocenters. The zero-order valence-electron chi connectivity index (χ0n) is 12.7. The van der Waals surface area contributed by atoms with Gasteiger partial charge in [0.15, 0.2) is 0 Å². The van der Waals surface area contributed by atoms with Gasteiger partial charge in [-0.15, -0.1) is 0 Å². The van der Waals surface area contributed by atoms with Crippen LogP contribution >= 0.6 is 0 Å². The van der Waals surface area contributed by atoms with Crippen LogP contribution in [0, 0.1) is 17.8 Å². The molecule has 2 unspecified atom stereocenters. The van der Waals surface area contributed by atoms with Crippen LogP contribution in [0.25, 0.3) is 0 Å². The summed E-state index contributed by atoms with van der Waals surface area (Å²) in [4.78, 5) is 0. The molecule has 0 saturated carbocycles. The summed E-state index contributed by atoms with van der Waals surface area (Å²) in [5, 5.41) is 0. The molecule has 0 aliphatic heterocycles. The maximum atomic E-state index is 2.52. The molecule has 0 N–H and O–H groups in total. The van der Waals surface area contributed by atoms with Gasteiger partial charge in [0.05, 0.1) is 0 Å². The van der Waals surface area contributed by atoms with E-state index in [2.05, 4.69) is 31.2 Å². The molecule has 0 fully saturated rings. The molecule has 4 rings (SSSR count). The van der Waals surface area contributed by atoms with Gasteiger partial charge in [-0.25, -0.2) is 0 Å². The summed E-state index contributed by atoms with van der Waals surface area (Å²) >= 11 is 0. The Kier molecular flexibility index (Phi) is 4.68. The summed E-state index contributed by atoms with van der Waals surface area (Å²) in [6.07, 6.45) is 21.0. The predicted molar refractivity (Wildman–Crippen MR) is 92.6 cm³/mol. The second-order valence-corrected chi connectivity index (χ2v) is 7.14. The Labute approximate surface area is 141 Å². The molecule has 0 nitrogen and oxygen atoms in total. The summed E-state index contributed by atoms with van der Waals surface area (Å²) in [6.45, 7) is 2.50. The first kappa shape index (κ1) is 15.5. The first-order valence-electron chi connectivity index (χ1n) is 8.65. The van der Waals surface area contributed by atoms with Gasteiger partial charge in [0, 0.05) is 11.8 Å². The van der Waals surface area contributed by atoms with Crippen molar-refractivity contribution in [2.45, 2.75) is 58.3 Å². The van der Waals surface area contributed by atoms with E-state index in [-0.39, 0.29) is 18.9 Å². The summed E-state index contributed by atoms with van der Waals surface area (Å²) in [7, 11) is 0. The Hall–Kier alpha value is -0.443. The zero-order chi connectivity index (χ0) is 13.5. The molecule has 0 aromatic heterocycles. The van der Waals surface area contributed by atoms with Crippen molar-refractivity contribution in [1.82, 2.24) is 0 Å². The molecule has 1 heteroatoms. The van der Waals surface area contributed by atoms with Gasteiger partial charge >= 0.3 is 18.9 Å². The van der Waals surface area contributed by atoms with E-state index < -0.39 is 0 Å². The Morgan fingerprint density at radius 2 is 1.19 bits per heavy atom. The van der Waals surface area contributed by atoms with Crippen molar-refractivity contribution in [3.8, 4) is 0 Å². The molecule has 4 aliphatic rings. The molecule has 0 aromatic carbocycles. The van der Waals surface area contributed by atoms with E-state index in [0.717, 1.165) is 17.8 Å². The van der Waals surface area contributed by atoms with Gasteiger partial charge in [0.1, 0.15) is 0 Å². The fraction of sp³-hybridized carbons (Fsp3) is 0.600. The molecular formula is C20H27Li. The van der Waals surface area contributed by atoms with E-state index >= 15 is 0 Å². The van der Waals surface area contributed by atoms with Crippen molar-refractivity contribution >= 4 is 18.9 Å². The maximum absolute atomic E-state index is 2.52. The van der Waals surface area contributed by atoms with E-state index in [0.29, 0.717) is 0 Å². The van der Waals surface area contributed by atoms with Gasteiger partial charge in [-0.1, -0.05) is 42.4 Å². The topological polar surface area (TPSA) is 0 Å². The van der Waals surface area contributed by atoms with Crippen LogP contribution in [0.15, 0.2) is 46.6 Å². The van der Waals surface area contributed by atoms with Gasteiger partial charge in [-0.3, -0.25) is 0 Å². The van der Waals surface area contributed by atoms with Crippen LogP contribution in [-0.4, -0.2) is 18.9 Å². The summed E-state index contributed by atoms with van der Waals surface area (Å²) in [6, 6.07) is 0. The molecule has 0 amide bonds. The monoisotopic (exact) mass is 274 g/mol. The third-order valence-corrected chi connectivity index (χ3v) is 6.06. The minimum absolute atomic E-state index is 0. The van der Waals surface area contributed by atoms with Crippen molar-refractivity contribution in [1.29, 1.82) is 0 Å². The summed E-state index contributed by atoms with van der Waals surface area (Å²) < 4.78 is 0. The van der Waals surface area contributed by atoms with E-state index in [1.54, 1.807) is 22.3 Å². The van der Waals surface area contributed by atoms with Crippen molar-refractivity contribution in [2.75, 3.05) is 0 Å². The molecule has 108 valence electrons. The van der Waals surface area contributed by atoms with Crippen LogP contribution < -0.4 is 0 Å². The Morgan fingerprint density at radius 3 is 1.67 bits per heavy atom.